The molecule has 0 radical (unpaired) electrons. The zero-order valence-corrected chi connectivity index (χ0v) is 10.8. The van der Waals surface area contributed by atoms with E-state index in [2.05, 4.69) is 42.9 Å². The van der Waals surface area contributed by atoms with Gasteiger partial charge in [0, 0.05) is 20.1 Å². The van der Waals surface area contributed by atoms with Gasteiger partial charge in [-0.3, -0.25) is 4.57 Å². The highest BCUT2D eigenvalue weighted by Gasteiger charge is 2.09. The summed E-state index contributed by atoms with van der Waals surface area (Å²) in [6.07, 6.45) is 1.17. The van der Waals surface area contributed by atoms with Gasteiger partial charge in [0.25, 0.3) is 0 Å². The maximum Gasteiger partial charge on any atom is 0.225 e. The number of hydrogen-bond donors (Lipinski definition) is 1. The number of nitrogens with zero attached hydrogens (tertiary/aromatic N) is 3. The number of aromatic nitrogens is 3. The molecule has 1 aromatic rings. The summed E-state index contributed by atoms with van der Waals surface area (Å²) in [4.78, 5) is 2.15. The van der Waals surface area contributed by atoms with E-state index in [1.165, 1.54) is 6.42 Å². The summed E-state index contributed by atoms with van der Waals surface area (Å²) in [6, 6.07) is 0. The molecule has 0 aliphatic carbocycles. The maximum absolute atomic E-state index is 5.15. The highest BCUT2D eigenvalue weighted by atomic mass is 32.1. The fourth-order valence-electron chi connectivity index (χ4n) is 1.44. The van der Waals surface area contributed by atoms with Crippen molar-refractivity contribution in [1.29, 1.82) is 0 Å². The fraction of sp³-hybridized carbons (Fsp3) is 0.800. The van der Waals surface area contributed by atoms with Crippen molar-refractivity contribution in [2.45, 2.75) is 33.7 Å². The minimum Gasteiger partial charge on any atom is -0.344 e. The van der Waals surface area contributed by atoms with Crippen LogP contribution >= 0.6 is 12.2 Å². The van der Waals surface area contributed by atoms with Gasteiger partial charge in [0.2, 0.25) is 5.95 Å². The molecule has 0 spiro atoms. The predicted octanol–water partition coefficient (Wildman–Crippen LogP) is 2.44. The van der Waals surface area contributed by atoms with E-state index < -0.39 is 0 Å². The number of aromatic amines is 1. The van der Waals surface area contributed by atoms with Gasteiger partial charge in [-0.25, -0.2) is 5.10 Å². The summed E-state index contributed by atoms with van der Waals surface area (Å²) in [5, 5.41) is 7.07. The highest BCUT2D eigenvalue weighted by molar-refractivity contribution is 7.71. The second kappa shape index (κ2) is 5.30. The van der Waals surface area contributed by atoms with Crippen LogP contribution in [0.15, 0.2) is 0 Å². The van der Waals surface area contributed by atoms with Gasteiger partial charge < -0.3 is 4.90 Å². The normalized spacial score (nSPS) is 11.0. The smallest absolute Gasteiger partial charge is 0.225 e. The first-order valence-corrected chi connectivity index (χ1v) is 5.83. The summed E-state index contributed by atoms with van der Waals surface area (Å²) in [6.45, 7) is 8.40. The van der Waals surface area contributed by atoms with Gasteiger partial charge in [-0.1, -0.05) is 13.8 Å². The molecule has 86 valence electrons. The molecule has 0 fully saturated rings. The molecular formula is C10H20N4S. The highest BCUT2D eigenvalue weighted by Crippen LogP contribution is 2.11. The Morgan fingerprint density at radius 2 is 2.20 bits per heavy atom. The second-order valence-electron chi connectivity index (χ2n) is 4.18. The molecular weight excluding hydrogens is 208 g/mol. The number of H-pyrrole nitrogens is 1. The summed E-state index contributed by atoms with van der Waals surface area (Å²) in [7, 11) is 2.06. The molecule has 0 aromatic carbocycles. The largest absolute Gasteiger partial charge is 0.344 e. The Balaban J connectivity index is 2.73. The SMILES string of the molecule is CCn1c(N(C)CCC(C)C)n[nH]c1=S. The molecule has 0 unspecified atom stereocenters. The van der Waals surface area contributed by atoms with Crippen LogP contribution in [0.1, 0.15) is 27.2 Å². The van der Waals surface area contributed by atoms with Crippen LogP contribution in [0.25, 0.3) is 0 Å². The Morgan fingerprint density at radius 1 is 1.53 bits per heavy atom. The van der Waals surface area contributed by atoms with Crippen molar-refractivity contribution in [2.24, 2.45) is 5.92 Å². The van der Waals surface area contributed by atoms with Crippen molar-refractivity contribution < 1.29 is 0 Å². The second-order valence-corrected chi connectivity index (χ2v) is 4.56. The Morgan fingerprint density at radius 3 is 2.73 bits per heavy atom. The van der Waals surface area contributed by atoms with Crippen LogP contribution in [0, 0.1) is 10.7 Å². The molecule has 1 aromatic heterocycles. The van der Waals surface area contributed by atoms with Crippen molar-refractivity contribution in [1.82, 2.24) is 14.8 Å². The Kier molecular flexibility index (Phi) is 4.32. The molecule has 0 amide bonds. The van der Waals surface area contributed by atoms with Gasteiger partial charge in [-0.05, 0) is 31.5 Å². The zero-order valence-electron chi connectivity index (χ0n) is 9.95. The number of hydrogen-bond acceptors (Lipinski definition) is 3. The van der Waals surface area contributed by atoms with E-state index in [1.807, 2.05) is 4.57 Å². The van der Waals surface area contributed by atoms with E-state index in [0.29, 0.717) is 10.7 Å². The standard InChI is InChI=1S/C10H20N4S/c1-5-14-9(11-12-10(14)15)13(4)7-6-8(2)3/h8H,5-7H2,1-4H3,(H,12,15). The summed E-state index contributed by atoms with van der Waals surface area (Å²) < 4.78 is 2.71. The van der Waals surface area contributed by atoms with Gasteiger partial charge in [0.15, 0.2) is 4.77 Å². The van der Waals surface area contributed by atoms with Crippen LogP contribution in [0.3, 0.4) is 0 Å². The van der Waals surface area contributed by atoms with Gasteiger partial charge >= 0.3 is 0 Å². The molecule has 1 heterocycles. The van der Waals surface area contributed by atoms with E-state index in [0.717, 1.165) is 19.0 Å². The molecule has 1 rings (SSSR count). The van der Waals surface area contributed by atoms with Gasteiger partial charge in [-0.2, -0.15) is 0 Å². The molecule has 0 saturated heterocycles. The van der Waals surface area contributed by atoms with Crippen LogP contribution in [0.4, 0.5) is 5.95 Å². The molecule has 0 atom stereocenters. The van der Waals surface area contributed by atoms with E-state index in [4.69, 9.17) is 12.2 Å². The van der Waals surface area contributed by atoms with Crippen LogP contribution in [0.5, 0.6) is 0 Å². The van der Waals surface area contributed by atoms with Gasteiger partial charge in [0.1, 0.15) is 0 Å². The van der Waals surface area contributed by atoms with Crippen LogP contribution in [-0.2, 0) is 6.54 Å². The Labute approximate surface area is 96.3 Å². The zero-order chi connectivity index (χ0) is 11.4. The minimum atomic E-state index is 0.698. The lowest BCUT2D eigenvalue weighted by molar-refractivity contribution is 0.576. The van der Waals surface area contributed by atoms with E-state index in [9.17, 15) is 0 Å². The third-order valence-electron chi connectivity index (χ3n) is 2.44. The first kappa shape index (κ1) is 12.2. The van der Waals surface area contributed by atoms with Crippen LogP contribution in [0.2, 0.25) is 0 Å². The van der Waals surface area contributed by atoms with Crippen molar-refractivity contribution in [2.75, 3.05) is 18.5 Å². The first-order valence-electron chi connectivity index (χ1n) is 5.42. The number of anilines is 1. The number of nitrogens with one attached hydrogen (secondary N) is 1. The summed E-state index contributed by atoms with van der Waals surface area (Å²) in [5.41, 5.74) is 0. The molecule has 0 saturated carbocycles. The quantitative estimate of drug-likeness (QED) is 0.786. The first-order chi connectivity index (χ1) is 7.06. The number of rotatable bonds is 5. The van der Waals surface area contributed by atoms with Crippen molar-refractivity contribution in [3.05, 3.63) is 4.77 Å². The maximum atomic E-state index is 5.15. The third kappa shape index (κ3) is 3.06. The molecule has 1 N–H and O–H groups in total. The topological polar surface area (TPSA) is 36.9 Å². The summed E-state index contributed by atoms with van der Waals surface area (Å²) in [5.74, 6) is 1.65. The lowest BCUT2D eigenvalue weighted by Crippen LogP contribution is -2.23. The van der Waals surface area contributed by atoms with E-state index >= 15 is 0 Å². The van der Waals surface area contributed by atoms with E-state index in [-0.39, 0.29) is 0 Å². The van der Waals surface area contributed by atoms with Gasteiger partial charge in [0.05, 0.1) is 0 Å². The monoisotopic (exact) mass is 228 g/mol. The molecule has 0 aliphatic rings. The molecule has 5 heteroatoms. The Hall–Kier alpha value is -0.840. The molecule has 0 aliphatic heterocycles. The minimum absolute atomic E-state index is 0.698. The van der Waals surface area contributed by atoms with Crippen molar-refractivity contribution in [3.63, 3.8) is 0 Å². The van der Waals surface area contributed by atoms with Crippen molar-refractivity contribution >= 4 is 18.2 Å². The predicted molar refractivity (Wildman–Crippen MR) is 65.8 cm³/mol. The fourth-order valence-corrected chi connectivity index (χ4v) is 1.69. The lowest BCUT2D eigenvalue weighted by Gasteiger charge is -2.19. The van der Waals surface area contributed by atoms with Crippen LogP contribution < -0.4 is 4.90 Å². The summed E-state index contributed by atoms with van der Waals surface area (Å²) >= 11 is 5.15. The van der Waals surface area contributed by atoms with Crippen molar-refractivity contribution in [3.8, 4) is 0 Å². The average Bonchev–Trinajstić information content (AvgIpc) is 2.55. The van der Waals surface area contributed by atoms with Crippen LogP contribution in [-0.4, -0.2) is 28.4 Å². The van der Waals surface area contributed by atoms with Gasteiger partial charge in [-0.15, -0.1) is 5.10 Å². The molecule has 0 bridgehead atoms. The lowest BCUT2D eigenvalue weighted by atomic mass is 10.1. The third-order valence-corrected chi connectivity index (χ3v) is 2.75. The molecule has 4 nitrogen and oxygen atoms in total. The Bertz CT molecular complexity index is 353. The molecule has 15 heavy (non-hydrogen) atoms. The van der Waals surface area contributed by atoms with E-state index in [1.54, 1.807) is 0 Å². The average molecular weight is 228 g/mol.